The second-order valence-electron chi connectivity index (χ2n) is 11.1. The number of carbonyl (C=O) groups is 2. The van der Waals surface area contributed by atoms with Crippen LogP contribution in [0.2, 0.25) is 18.1 Å². The van der Waals surface area contributed by atoms with Crippen molar-refractivity contribution < 1.29 is 18.8 Å². The van der Waals surface area contributed by atoms with Crippen molar-refractivity contribution in [1.29, 1.82) is 0 Å². The number of esters is 1. The first-order chi connectivity index (χ1) is 17.0. The number of ether oxygens (including phenoxy) is 1. The number of para-hydroxylation sites is 1. The highest BCUT2D eigenvalue weighted by molar-refractivity contribution is 6.74. The summed E-state index contributed by atoms with van der Waals surface area (Å²) < 4.78 is 12.3. The first-order valence-corrected chi connectivity index (χ1v) is 15.6. The molecule has 0 radical (unpaired) electrons. The molecule has 0 spiro atoms. The molecular formula is C29H38N2O4Si. The smallest absolute Gasteiger partial charge is 0.335 e. The molecule has 3 atom stereocenters. The first kappa shape index (κ1) is 26.2. The van der Waals surface area contributed by atoms with Gasteiger partial charge in [-0.25, -0.2) is 4.79 Å². The minimum Gasteiger partial charge on any atom is -0.464 e. The Bertz CT molecular complexity index is 1250. The molecule has 7 heteroatoms. The number of nitrogens with zero attached hydrogens (tertiary/aromatic N) is 1. The molecule has 0 saturated heterocycles. The number of benzene rings is 2. The van der Waals surface area contributed by atoms with Crippen molar-refractivity contribution in [2.24, 2.45) is 0 Å². The number of nitrogens with one attached hydrogen (secondary N) is 1. The molecule has 3 aromatic rings. The number of H-pyrrole nitrogens is 1. The van der Waals surface area contributed by atoms with Gasteiger partial charge < -0.3 is 19.0 Å². The molecule has 0 unspecified atom stereocenters. The van der Waals surface area contributed by atoms with Crippen LogP contribution in [0.1, 0.15) is 63.4 Å². The Labute approximate surface area is 215 Å². The average molecular weight is 507 g/mol. The van der Waals surface area contributed by atoms with Crippen LogP contribution in [-0.2, 0) is 18.8 Å². The van der Waals surface area contributed by atoms with Crippen molar-refractivity contribution in [1.82, 2.24) is 9.88 Å². The molecule has 0 fully saturated rings. The summed E-state index contributed by atoms with van der Waals surface area (Å²) in [5.41, 5.74) is 3.78. The number of aromatic amines is 1. The van der Waals surface area contributed by atoms with Crippen LogP contribution < -0.4 is 0 Å². The second-order valence-corrected chi connectivity index (χ2v) is 15.9. The number of hydrogen-bond acceptors (Lipinski definition) is 4. The Morgan fingerprint density at radius 3 is 2.28 bits per heavy atom. The molecule has 36 heavy (non-hydrogen) atoms. The van der Waals surface area contributed by atoms with E-state index >= 15 is 0 Å². The fourth-order valence-corrected chi connectivity index (χ4v) is 6.04. The lowest BCUT2D eigenvalue weighted by Crippen LogP contribution is -2.55. The average Bonchev–Trinajstić information content (AvgIpc) is 3.20. The normalized spacial score (nSPS) is 20.3. The number of fused-ring (bicyclic) bond motifs is 3. The van der Waals surface area contributed by atoms with Crippen molar-refractivity contribution in [2.75, 3.05) is 13.2 Å². The van der Waals surface area contributed by atoms with Gasteiger partial charge in [-0.2, -0.15) is 0 Å². The molecule has 1 N–H and O–H groups in total. The summed E-state index contributed by atoms with van der Waals surface area (Å²) in [7, 11) is -2.14. The third-order valence-corrected chi connectivity index (χ3v) is 12.3. The van der Waals surface area contributed by atoms with Crippen molar-refractivity contribution in [2.45, 2.75) is 70.8 Å². The molecule has 2 heterocycles. The third-order valence-electron chi connectivity index (χ3n) is 7.83. The fourth-order valence-electron chi connectivity index (χ4n) is 5.02. The van der Waals surface area contributed by atoms with E-state index in [4.69, 9.17) is 9.16 Å². The number of amides is 1. The van der Waals surface area contributed by atoms with Gasteiger partial charge in [-0.15, -0.1) is 0 Å². The number of aromatic nitrogens is 1. The zero-order chi connectivity index (χ0) is 26.3. The van der Waals surface area contributed by atoms with Crippen LogP contribution in [0.15, 0.2) is 54.6 Å². The Morgan fingerprint density at radius 1 is 1.03 bits per heavy atom. The minimum atomic E-state index is -2.14. The maximum Gasteiger partial charge on any atom is 0.335 e. The van der Waals surface area contributed by atoms with Gasteiger partial charge in [0.15, 0.2) is 14.4 Å². The minimum absolute atomic E-state index is 0.0114. The Hall–Kier alpha value is -2.90. The van der Waals surface area contributed by atoms with E-state index in [0.29, 0.717) is 6.61 Å². The summed E-state index contributed by atoms with van der Waals surface area (Å²) in [6.45, 7) is 14.9. The zero-order valence-corrected chi connectivity index (χ0v) is 23.4. The van der Waals surface area contributed by atoms with Crippen LogP contribution in [0.4, 0.5) is 0 Å². The molecule has 0 saturated carbocycles. The molecule has 1 aliphatic heterocycles. The van der Waals surface area contributed by atoms with Crippen LogP contribution in [-0.4, -0.2) is 49.3 Å². The highest BCUT2D eigenvalue weighted by atomic mass is 28.4. The summed E-state index contributed by atoms with van der Waals surface area (Å²) in [5, 5.41) is 1.06. The highest BCUT2D eigenvalue weighted by Crippen LogP contribution is 2.48. The van der Waals surface area contributed by atoms with E-state index in [9.17, 15) is 9.59 Å². The van der Waals surface area contributed by atoms with Gasteiger partial charge in [0, 0.05) is 23.7 Å². The van der Waals surface area contributed by atoms with Gasteiger partial charge in [0.2, 0.25) is 5.91 Å². The largest absolute Gasteiger partial charge is 0.464 e. The Kier molecular flexibility index (Phi) is 7.17. The van der Waals surface area contributed by atoms with E-state index in [1.165, 1.54) is 6.92 Å². The molecule has 6 nitrogen and oxygen atoms in total. The maximum absolute atomic E-state index is 13.4. The topological polar surface area (TPSA) is 71.6 Å². The summed E-state index contributed by atoms with van der Waals surface area (Å²) in [6, 6.07) is 17.1. The van der Waals surface area contributed by atoms with Gasteiger partial charge in [-0.05, 0) is 42.2 Å². The Balaban J connectivity index is 1.97. The lowest BCUT2D eigenvalue weighted by molar-refractivity contribution is -0.158. The van der Waals surface area contributed by atoms with Gasteiger partial charge >= 0.3 is 5.97 Å². The molecule has 192 valence electrons. The molecule has 0 aliphatic carbocycles. The van der Waals surface area contributed by atoms with E-state index < -0.39 is 20.3 Å². The lowest BCUT2D eigenvalue weighted by Gasteiger charge is -2.47. The molecule has 4 rings (SSSR count). The number of hydrogen-bond donors (Lipinski definition) is 1. The van der Waals surface area contributed by atoms with Crippen LogP contribution in [0.5, 0.6) is 0 Å². The summed E-state index contributed by atoms with van der Waals surface area (Å²) in [4.78, 5) is 31.9. The molecular weight excluding hydrogens is 468 g/mol. The summed E-state index contributed by atoms with van der Waals surface area (Å²) in [5.74, 6) is -0.775. The number of rotatable bonds is 6. The molecule has 1 aliphatic rings. The monoisotopic (exact) mass is 506 g/mol. The van der Waals surface area contributed by atoms with Crippen molar-refractivity contribution in [3.05, 3.63) is 71.4 Å². The van der Waals surface area contributed by atoms with Crippen LogP contribution >= 0.6 is 0 Å². The lowest BCUT2D eigenvalue weighted by atomic mass is 9.78. The van der Waals surface area contributed by atoms with Crippen molar-refractivity contribution in [3.63, 3.8) is 0 Å². The standard InChI is InChI=1S/C29H38N2O4Si/c1-8-34-28(33)27-26-25(21-16-12-13-17-22(21)30-26)24(20-14-10-9-11-15-20)23(31(27)19(2)32)18-35-36(6,7)29(3,4)5/h9-17,23-24,27,30H,8,18H2,1-7H3/t23-,24-,27-/m1/s1. The van der Waals surface area contributed by atoms with Gasteiger partial charge in [0.1, 0.15) is 0 Å². The zero-order valence-electron chi connectivity index (χ0n) is 22.4. The molecule has 1 aromatic heterocycles. The quantitative estimate of drug-likeness (QED) is 0.321. The summed E-state index contributed by atoms with van der Waals surface area (Å²) in [6.07, 6.45) is 0. The predicted molar refractivity (Wildman–Crippen MR) is 145 cm³/mol. The van der Waals surface area contributed by atoms with E-state index in [0.717, 1.165) is 27.7 Å². The van der Waals surface area contributed by atoms with Gasteiger partial charge in [-0.1, -0.05) is 69.3 Å². The first-order valence-electron chi connectivity index (χ1n) is 12.7. The summed E-state index contributed by atoms with van der Waals surface area (Å²) >= 11 is 0. The van der Waals surface area contributed by atoms with Crippen molar-refractivity contribution >= 4 is 31.1 Å². The third kappa shape index (κ3) is 4.62. The maximum atomic E-state index is 13.4. The van der Waals surface area contributed by atoms with Gasteiger partial charge in [-0.3, -0.25) is 4.79 Å². The number of carbonyl (C=O) groups excluding carboxylic acids is 2. The van der Waals surface area contributed by atoms with Crippen molar-refractivity contribution in [3.8, 4) is 0 Å². The Morgan fingerprint density at radius 2 is 1.67 bits per heavy atom. The van der Waals surface area contributed by atoms with Gasteiger partial charge in [0.25, 0.3) is 0 Å². The van der Waals surface area contributed by atoms with E-state index in [-0.39, 0.29) is 29.5 Å². The molecule has 1 amide bonds. The predicted octanol–water partition coefficient (Wildman–Crippen LogP) is 6.16. The molecule has 0 bridgehead atoms. The molecule has 2 aromatic carbocycles. The van der Waals surface area contributed by atoms with E-state index in [1.807, 2.05) is 36.4 Å². The SMILES string of the molecule is CCOC(=O)[C@H]1c2[nH]c3ccccc3c2[C@H](c2ccccc2)[C@@H](CO[Si](C)(C)C(C)(C)C)N1C(C)=O. The van der Waals surface area contributed by atoms with E-state index in [1.54, 1.807) is 11.8 Å². The van der Waals surface area contributed by atoms with Crippen LogP contribution in [0, 0.1) is 0 Å². The highest BCUT2D eigenvalue weighted by Gasteiger charge is 2.49. The van der Waals surface area contributed by atoms with Gasteiger partial charge in [0.05, 0.1) is 24.9 Å². The van der Waals surface area contributed by atoms with Crippen LogP contribution in [0.25, 0.3) is 10.9 Å². The van der Waals surface area contributed by atoms with E-state index in [2.05, 4.69) is 57.0 Å². The second kappa shape index (κ2) is 9.86. The van der Waals surface area contributed by atoms with Crippen LogP contribution in [0.3, 0.4) is 0 Å². The fraction of sp³-hybridized carbons (Fsp3) is 0.448.